The number of halogens is 1. The molecule has 0 radical (unpaired) electrons. The second-order valence-electron chi connectivity index (χ2n) is 3.21. The molecule has 0 heterocycles. The number of rotatable bonds is 4. The second-order valence-corrected chi connectivity index (χ2v) is 5.36. The van der Waals surface area contributed by atoms with E-state index < -0.39 is 10.0 Å². The Morgan fingerprint density at radius 3 is 2.40 bits per heavy atom. The lowest BCUT2D eigenvalue weighted by Gasteiger charge is -2.11. The molecule has 6 heteroatoms. The Morgan fingerprint density at radius 2 is 1.93 bits per heavy atom. The van der Waals surface area contributed by atoms with Crippen LogP contribution in [0.5, 0.6) is 0 Å². The van der Waals surface area contributed by atoms with Crippen LogP contribution in [0.3, 0.4) is 0 Å². The van der Waals surface area contributed by atoms with Gasteiger partial charge in [-0.05, 0) is 31.2 Å². The zero-order valence-corrected chi connectivity index (χ0v) is 9.85. The Balaban J connectivity index is 2.91. The van der Waals surface area contributed by atoms with Crippen LogP contribution < -0.4 is 10.5 Å². The van der Waals surface area contributed by atoms with Gasteiger partial charge in [-0.3, -0.25) is 0 Å². The number of nitrogens with two attached hydrogens (primary N) is 1. The summed E-state index contributed by atoms with van der Waals surface area (Å²) in [4.78, 5) is 0.187. The van der Waals surface area contributed by atoms with E-state index in [9.17, 15) is 8.42 Å². The van der Waals surface area contributed by atoms with Crippen molar-refractivity contribution in [1.82, 2.24) is 4.72 Å². The summed E-state index contributed by atoms with van der Waals surface area (Å²) >= 11 is 5.66. The van der Waals surface area contributed by atoms with E-state index in [1.807, 2.05) is 0 Å². The van der Waals surface area contributed by atoms with Crippen LogP contribution in [0.2, 0.25) is 5.02 Å². The van der Waals surface area contributed by atoms with Crippen LogP contribution in [0, 0.1) is 0 Å². The second kappa shape index (κ2) is 4.94. The van der Waals surface area contributed by atoms with Crippen LogP contribution in [0.15, 0.2) is 29.2 Å². The van der Waals surface area contributed by atoms with Gasteiger partial charge in [0.05, 0.1) is 4.90 Å². The van der Waals surface area contributed by atoms with Crippen molar-refractivity contribution in [2.75, 3.05) is 6.54 Å². The smallest absolute Gasteiger partial charge is 0.240 e. The van der Waals surface area contributed by atoms with E-state index in [-0.39, 0.29) is 17.5 Å². The molecule has 0 saturated carbocycles. The maximum Gasteiger partial charge on any atom is 0.240 e. The van der Waals surface area contributed by atoms with Crippen molar-refractivity contribution in [2.45, 2.75) is 17.9 Å². The Bertz CT molecular complexity index is 416. The van der Waals surface area contributed by atoms with Crippen molar-refractivity contribution in [1.29, 1.82) is 0 Å². The highest BCUT2D eigenvalue weighted by Crippen LogP contribution is 2.13. The Morgan fingerprint density at radius 1 is 1.40 bits per heavy atom. The molecule has 4 nitrogen and oxygen atoms in total. The van der Waals surface area contributed by atoms with Gasteiger partial charge >= 0.3 is 0 Å². The van der Waals surface area contributed by atoms with Gasteiger partial charge in [0.15, 0.2) is 0 Å². The third-order valence-electron chi connectivity index (χ3n) is 1.83. The van der Waals surface area contributed by atoms with Gasteiger partial charge < -0.3 is 5.73 Å². The summed E-state index contributed by atoms with van der Waals surface area (Å²) in [6, 6.07) is 5.68. The topological polar surface area (TPSA) is 72.2 Å². The maximum absolute atomic E-state index is 11.7. The zero-order chi connectivity index (χ0) is 11.5. The minimum Gasteiger partial charge on any atom is -0.329 e. The number of benzene rings is 1. The minimum atomic E-state index is -3.48. The van der Waals surface area contributed by atoms with Gasteiger partial charge in [-0.1, -0.05) is 11.6 Å². The average molecular weight is 249 g/mol. The summed E-state index contributed by atoms with van der Waals surface area (Å²) in [5, 5.41) is 0.501. The molecule has 0 fully saturated rings. The third kappa shape index (κ3) is 3.46. The van der Waals surface area contributed by atoms with Gasteiger partial charge in [0, 0.05) is 17.6 Å². The van der Waals surface area contributed by atoms with Crippen LogP contribution in [-0.4, -0.2) is 21.0 Å². The van der Waals surface area contributed by atoms with Crippen molar-refractivity contribution < 1.29 is 8.42 Å². The molecular weight excluding hydrogens is 236 g/mol. The number of sulfonamides is 1. The highest BCUT2D eigenvalue weighted by Gasteiger charge is 2.15. The molecule has 0 aliphatic carbocycles. The summed E-state index contributed by atoms with van der Waals surface area (Å²) in [6.45, 7) is 1.96. The van der Waals surface area contributed by atoms with Crippen molar-refractivity contribution in [3.05, 3.63) is 29.3 Å². The van der Waals surface area contributed by atoms with Crippen molar-refractivity contribution in [3.63, 3.8) is 0 Å². The molecule has 0 aliphatic heterocycles. The van der Waals surface area contributed by atoms with E-state index in [4.69, 9.17) is 17.3 Å². The quantitative estimate of drug-likeness (QED) is 0.834. The number of hydrogen-bond acceptors (Lipinski definition) is 3. The Kier molecular flexibility index (Phi) is 4.10. The van der Waals surface area contributed by atoms with Crippen LogP contribution >= 0.6 is 11.6 Å². The molecule has 1 aromatic rings. The normalized spacial score (nSPS) is 13.8. The van der Waals surface area contributed by atoms with Gasteiger partial charge in [-0.25, -0.2) is 13.1 Å². The summed E-state index contributed by atoms with van der Waals surface area (Å²) in [5.74, 6) is 0. The van der Waals surface area contributed by atoms with Crippen LogP contribution in [-0.2, 0) is 10.0 Å². The minimum absolute atomic E-state index is 0.187. The monoisotopic (exact) mass is 248 g/mol. The van der Waals surface area contributed by atoms with Gasteiger partial charge in [0.25, 0.3) is 0 Å². The van der Waals surface area contributed by atoms with E-state index in [2.05, 4.69) is 4.72 Å². The van der Waals surface area contributed by atoms with E-state index in [1.165, 1.54) is 24.3 Å². The fourth-order valence-electron chi connectivity index (χ4n) is 0.995. The van der Waals surface area contributed by atoms with Gasteiger partial charge in [0.1, 0.15) is 0 Å². The van der Waals surface area contributed by atoms with Crippen molar-refractivity contribution in [2.24, 2.45) is 5.73 Å². The van der Waals surface area contributed by atoms with Gasteiger partial charge in [-0.2, -0.15) is 0 Å². The molecule has 0 bridgehead atoms. The average Bonchev–Trinajstić information content (AvgIpc) is 2.17. The molecule has 0 aliphatic rings. The Hall–Kier alpha value is -0.620. The summed E-state index contributed by atoms with van der Waals surface area (Å²) in [7, 11) is -3.48. The molecular formula is C9H13ClN2O2S. The van der Waals surface area contributed by atoms with Gasteiger partial charge in [-0.15, -0.1) is 0 Å². The standard InChI is InChI=1S/C9H13ClN2O2S/c1-7(6-11)12-15(13,14)9-4-2-8(10)3-5-9/h2-5,7,12H,6,11H2,1H3/t7-/m1/s1. The predicted octanol–water partition coefficient (Wildman–Crippen LogP) is 0.966. The lowest BCUT2D eigenvalue weighted by molar-refractivity contribution is 0.562. The van der Waals surface area contributed by atoms with E-state index in [0.717, 1.165) is 0 Å². The fraction of sp³-hybridized carbons (Fsp3) is 0.333. The molecule has 0 saturated heterocycles. The van der Waals surface area contributed by atoms with E-state index >= 15 is 0 Å². The van der Waals surface area contributed by atoms with Crippen LogP contribution in [0.1, 0.15) is 6.92 Å². The molecule has 3 N–H and O–H groups in total. The molecule has 84 valence electrons. The van der Waals surface area contributed by atoms with Crippen LogP contribution in [0.4, 0.5) is 0 Å². The molecule has 0 spiro atoms. The van der Waals surface area contributed by atoms with Crippen LogP contribution in [0.25, 0.3) is 0 Å². The predicted molar refractivity (Wildman–Crippen MR) is 60.3 cm³/mol. The fourth-order valence-corrected chi connectivity index (χ4v) is 2.38. The maximum atomic E-state index is 11.7. The summed E-state index contributed by atoms with van der Waals surface area (Å²) in [6.07, 6.45) is 0. The Labute approximate surface area is 94.5 Å². The zero-order valence-electron chi connectivity index (χ0n) is 8.27. The molecule has 0 aromatic heterocycles. The molecule has 1 atom stereocenters. The molecule has 1 aromatic carbocycles. The first-order valence-corrected chi connectivity index (χ1v) is 6.30. The highest BCUT2D eigenvalue weighted by atomic mass is 35.5. The first-order chi connectivity index (χ1) is 6.95. The molecule has 0 unspecified atom stereocenters. The summed E-state index contributed by atoms with van der Waals surface area (Å²) in [5.41, 5.74) is 5.33. The molecule has 1 rings (SSSR count). The molecule has 0 amide bonds. The number of hydrogen-bond donors (Lipinski definition) is 2. The first-order valence-electron chi connectivity index (χ1n) is 4.43. The van der Waals surface area contributed by atoms with E-state index in [1.54, 1.807) is 6.92 Å². The third-order valence-corrected chi connectivity index (χ3v) is 3.69. The van der Waals surface area contributed by atoms with Crippen molar-refractivity contribution >= 4 is 21.6 Å². The highest BCUT2D eigenvalue weighted by molar-refractivity contribution is 7.89. The molecule has 15 heavy (non-hydrogen) atoms. The van der Waals surface area contributed by atoms with Crippen molar-refractivity contribution in [3.8, 4) is 0 Å². The van der Waals surface area contributed by atoms with E-state index in [0.29, 0.717) is 5.02 Å². The number of nitrogens with one attached hydrogen (secondary N) is 1. The largest absolute Gasteiger partial charge is 0.329 e. The lowest BCUT2D eigenvalue weighted by Crippen LogP contribution is -2.37. The van der Waals surface area contributed by atoms with Gasteiger partial charge in [0.2, 0.25) is 10.0 Å². The summed E-state index contributed by atoms with van der Waals surface area (Å²) < 4.78 is 25.9. The lowest BCUT2D eigenvalue weighted by atomic mass is 10.4. The first kappa shape index (κ1) is 12.4. The SMILES string of the molecule is C[C@H](CN)NS(=O)(=O)c1ccc(Cl)cc1.